The summed E-state index contributed by atoms with van der Waals surface area (Å²) in [5.41, 5.74) is 2.37. The predicted octanol–water partition coefficient (Wildman–Crippen LogP) is 1.26. The molecule has 0 radical (unpaired) electrons. The molecule has 0 aromatic carbocycles. The molecule has 1 atom stereocenters. The number of nitrogens with zero attached hydrogens (tertiary/aromatic N) is 3. The molecule has 2 aromatic rings. The molecule has 1 aliphatic rings. The lowest BCUT2D eigenvalue weighted by Crippen LogP contribution is -2.44. The monoisotopic (exact) mass is 320 g/mol. The van der Waals surface area contributed by atoms with Crippen molar-refractivity contribution in [1.29, 1.82) is 0 Å². The summed E-state index contributed by atoms with van der Waals surface area (Å²) >= 11 is 1.70. The van der Waals surface area contributed by atoms with Crippen molar-refractivity contribution in [2.45, 2.75) is 19.1 Å². The molecule has 3 rings (SSSR count). The quantitative estimate of drug-likeness (QED) is 0.814. The summed E-state index contributed by atoms with van der Waals surface area (Å²) in [7, 11) is 1.63. The largest absolute Gasteiger partial charge is 0.383 e. The van der Waals surface area contributed by atoms with Crippen LogP contribution in [-0.2, 0) is 22.6 Å². The topological polar surface area (TPSA) is 59.4 Å². The smallest absolute Gasteiger partial charge is 0.244 e. The Morgan fingerprint density at radius 2 is 2.50 bits per heavy atom. The normalized spacial score (nSPS) is 18.1. The Kier molecular flexibility index (Phi) is 4.87. The van der Waals surface area contributed by atoms with E-state index in [2.05, 4.69) is 32.0 Å². The number of thiophene rings is 1. The van der Waals surface area contributed by atoms with E-state index in [0.717, 1.165) is 18.8 Å². The van der Waals surface area contributed by atoms with E-state index in [1.165, 1.54) is 5.56 Å². The SMILES string of the molecule is COCCNC(=O)[C@@H]1CN(Cc2ccsc2)Cc2cncn21. The van der Waals surface area contributed by atoms with Crippen molar-refractivity contribution in [3.05, 3.63) is 40.6 Å². The summed E-state index contributed by atoms with van der Waals surface area (Å²) in [5.74, 6) is 0.0197. The molecular formula is C15H20N4O2S. The van der Waals surface area contributed by atoms with Crippen LogP contribution in [0.25, 0.3) is 0 Å². The van der Waals surface area contributed by atoms with Gasteiger partial charge in [0.1, 0.15) is 6.04 Å². The highest BCUT2D eigenvalue weighted by molar-refractivity contribution is 7.07. The maximum atomic E-state index is 12.4. The van der Waals surface area contributed by atoms with E-state index in [-0.39, 0.29) is 11.9 Å². The van der Waals surface area contributed by atoms with Crippen molar-refractivity contribution in [2.75, 3.05) is 26.8 Å². The minimum atomic E-state index is -0.234. The van der Waals surface area contributed by atoms with Crippen molar-refractivity contribution in [1.82, 2.24) is 19.8 Å². The van der Waals surface area contributed by atoms with Gasteiger partial charge in [-0.05, 0) is 22.4 Å². The van der Waals surface area contributed by atoms with Gasteiger partial charge in [0, 0.05) is 39.5 Å². The van der Waals surface area contributed by atoms with Gasteiger partial charge in [0.2, 0.25) is 5.91 Å². The van der Waals surface area contributed by atoms with Gasteiger partial charge in [-0.2, -0.15) is 11.3 Å². The highest BCUT2D eigenvalue weighted by Gasteiger charge is 2.29. The minimum Gasteiger partial charge on any atom is -0.383 e. The van der Waals surface area contributed by atoms with E-state index in [1.807, 2.05) is 10.8 Å². The molecule has 1 amide bonds. The van der Waals surface area contributed by atoms with E-state index < -0.39 is 0 Å². The summed E-state index contributed by atoms with van der Waals surface area (Å²) < 4.78 is 6.96. The number of carbonyl (C=O) groups excluding carboxylic acids is 1. The molecule has 22 heavy (non-hydrogen) atoms. The summed E-state index contributed by atoms with van der Waals surface area (Å²) in [6, 6.07) is 1.89. The fraction of sp³-hybridized carbons (Fsp3) is 0.467. The first kappa shape index (κ1) is 15.2. The van der Waals surface area contributed by atoms with Gasteiger partial charge in [-0.3, -0.25) is 9.69 Å². The van der Waals surface area contributed by atoms with Gasteiger partial charge in [-0.1, -0.05) is 0 Å². The van der Waals surface area contributed by atoms with Crippen LogP contribution >= 0.6 is 11.3 Å². The minimum absolute atomic E-state index is 0.0197. The van der Waals surface area contributed by atoms with Gasteiger partial charge in [0.25, 0.3) is 0 Å². The third-order valence-electron chi connectivity index (χ3n) is 3.79. The molecule has 118 valence electrons. The zero-order valence-electron chi connectivity index (χ0n) is 12.6. The van der Waals surface area contributed by atoms with Gasteiger partial charge in [-0.15, -0.1) is 0 Å². The first-order chi connectivity index (χ1) is 10.8. The Hall–Kier alpha value is -1.70. The number of rotatable bonds is 6. The van der Waals surface area contributed by atoms with Gasteiger partial charge >= 0.3 is 0 Å². The molecule has 0 saturated carbocycles. The Bertz CT molecular complexity index is 611. The lowest BCUT2D eigenvalue weighted by atomic mass is 10.1. The number of methoxy groups -OCH3 is 1. The summed E-state index contributed by atoms with van der Waals surface area (Å²) in [6.07, 6.45) is 3.59. The number of carbonyl (C=O) groups is 1. The van der Waals surface area contributed by atoms with Crippen LogP contribution in [0, 0.1) is 0 Å². The Balaban J connectivity index is 1.70. The summed E-state index contributed by atoms with van der Waals surface area (Å²) in [4.78, 5) is 18.9. The number of hydrogen-bond acceptors (Lipinski definition) is 5. The molecule has 2 aromatic heterocycles. The van der Waals surface area contributed by atoms with Crippen molar-refractivity contribution < 1.29 is 9.53 Å². The van der Waals surface area contributed by atoms with Crippen molar-refractivity contribution >= 4 is 17.2 Å². The molecule has 0 saturated heterocycles. The zero-order valence-corrected chi connectivity index (χ0v) is 13.4. The van der Waals surface area contributed by atoms with Crippen molar-refractivity contribution in [2.24, 2.45) is 0 Å². The standard InChI is InChI=1S/C15H20N4O2S/c1-21-4-3-17-15(20)14-9-18(7-12-2-5-22-10-12)8-13-6-16-11-19(13)14/h2,5-6,10-11,14H,3-4,7-9H2,1H3,(H,17,20)/t14-/m0/s1. The number of imidazole rings is 1. The molecule has 0 fully saturated rings. The molecular weight excluding hydrogens is 300 g/mol. The van der Waals surface area contributed by atoms with Crippen molar-refractivity contribution in [3.8, 4) is 0 Å². The van der Waals surface area contributed by atoms with Crippen LogP contribution in [0.1, 0.15) is 17.3 Å². The lowest BCUT2D eigenvalue weighted by molar-refractivity contribution is -0.125. The van der Waals surface area contributed by atoms with E-state index >= 15 is 0 Å². The summed E-state index contributed by atoms with van der Waals surface area (Å²) in [6.45, 7) is 3.42. The molecule has 7 heteroatoms. The first-order valence-electron chi connectivity index (χ1n) is 7.28. The molecule has 0 bridgehead atoms. The fourth-order valence-electron chi connectivity index (χ4n) is 2.73. The highest BCUT2D eigenvalue weighted by Crippen LogP contribution is 2.23. The van der Waals surface area contributed by atoms with Crippen LogP contribution in [0.3, 0.4) is 0 Å². The van der Waals surface area contributed by atoms with Gasteiger partial charge in [0.15, 0.2) is 0 Å². The molecule has 6 nitrogen and oxygen atoms in total. The number of ether oxygens (including phenoxy) is 1. The zero-order chi connectivity index (χ0) is 15.4. The fourth-order valence-corrected chi connectivity index (χ4v) is 3.39. The number of nitrogens with one attached hydrogen (secondary N) is 1. The van der Waals surface area contributed by atoms with E-state index in [1.54, 1.807) is 24.8 Å². The average Bonchev–Trinajstić information content (AvgIpc) is 3.17. The van der Waals surface area contributed by atoms with Gasteiger partial charge in [0.05, 0.1) is 18.6 Å². The molecule has 1 aliphatic heterocycles. The van der Waals surface area contributed by atoms with Gasteiger partial charge in [-0.25, -0.2) is 4.98 Å². The second kappa shape index (κ2) is 7.04. The average molecular weight is 320 g/mol. The summed E-state index contributed by atoms with van der Waals surface area (Å²) in [5, 5.41) is 7.16. The van der Waals surface area contributed by atoms with Crippen LogP contribution in [0.4, 0.5) is 0 Å². The molecule has 0 unspecified atom stereocenters. The van der Waals surface area contributed by atoms with Gasteiger partial charge < -0.3 is 14.6 Å². The highest BCUT2D eigenvalue weighted by atomic mass is 32.1. The van der Waals surface area contributed by atoms with E-state index in [9.17, 15) is 4.79 Å². The van der Waals surface area contributed by atoms with E-state index in [4.69, 9.17) is 4.74 Å². The second-order valence-electron chi connectivity index (χ2n) is 5.39. The molecule has 3 heterocycles. The molecule has 0 aliphatic carbocycles. The maximum Gasteiger partial charge on any atom is 0.244 e. The number of hydrogen-bond donors (Lipinski definition) is 1. The number of aromatic nitrogens is 2. The third-order valence-corrected chi connectivity index (χ3v) is 4.53. The van der Waals surface area contributed by atoms with Crippen LogP contribution in [-0.4, -0.2) is 47.2 Å². The van der Waals surface area contributed by atoms with Crippen LogP contribution in [0.5, 0.6) is 0 Å². The van der Waals surface area contributed by atoms with Crippen LogP contribution in [0.2, 0.25) is 0 Å². The predicted molar refractivity (Wildman–Crippen MR) is 84.6 cm³/mol. The molecule has 0 spiro atoms. The first-order valence-corrected chi connectivity index (χ1v) is 8.23. The second-order valence-corrected chi connectivity index (χ2v) is 6.17. The van der Waals surface area contributed by atoms with Crippen LogP contribution in [0.15, 0.2) is 29.4 Å². The Morgan fingerprint density at radius 1 is 1.59 bits per heavy atom. The van der Waals surface area contributed by atoms with E-state index in [0.29, 0.717) is 19.7 Å². The Labute approximate surface area is 133 Å². The lowest BCUT2D eigenvalue weighted by Gasteiger charge is -2.33. The van der Waals surface area contributed by atoms with Crippen molar-refractivity contribution in [3.63, 3.8) is 0 Å². The molecule has 1 N–H and O–H groups in total. The number of fused-ring (bicyclic) bond motifs is 1. The Morgan fingerprint density at radius 3 is 3.27 bits per heavy atom. The number of amides is 1. The maximum absolute atomic E-state index is 12.4. The third kappa shape index (κ3) is 3.37. The van der Waals surface area contributed by atoms with Crippen LogP contribution < -0.4 is 5.32 Å².